The van der Waals surface area contributed by atoms with E-state index in [0.29, 0.717) is 30.1 Å². The molecule has 0 bridgehead atoms. The average molecular weight is 552 g/mol. The van der Waals surface area contributed by atoms with Gasteiger partial charge in [-0.05, 0) is 104 Å². The van der Waals surface area contributed by atoms with Crippen LogP contribution >= 0.6 is 0 Å². The van der Waals surface area contributed by atoms with Crippen LogP contribution in [0.15, 0.2) is 54.6 Å². The predicted octanol–water partition coefficient (Wildman–Crippen LogP) is 7.89. The molecule has 3 aromatic carbocycles. The number of aryl methyl sites for hydroxylation is 4. The van der Waals surface area contributed by atoms with Crippen LogP contribution < -0.4 is 9.47 Å². The van der Waals surface area contributed by atoms with Gasteiger partial charge < -0.3 is 14.2 Å². The standard InChI is InChI=1S/C35H34FNO4/c1-19-12-23(24-14-21(3)37-22(4)15-24)13-20(2)34(19)28-8-10-30(36)35-29(28)9-11-31(35)41-26-6-7-27-25(16-33(38)39-5)18-40-32(27)17-26/h6-8,10,12-15,17,25,31H,9,11,16,18H2,1-5H3/t25-,31-/m1/s1. The largest absolute Gasteiger partial charge is 0.492 e. The van der Waals surface area contributed by atoms with Crippen LogP contribution in [0.25, 0.3) is 22.3 Å². The first-order valence-electron chi connectivity index (χ1n) is 14.1. The average Bonchev–Trinajstić information content (AvgIpc) is 3.53. The molecule has 210 valence electrons. The number of hydrogen-bond acceptors (Lipinski definition) is 5. The molecule has 0 amide bonds. The Kier molecular flexibility index (Phi) is 7.02. The molecule has 2 aliphatic rings. The lowest BCUT2D eigenvalue weighted by Gasteiger charge is -2.19. The number of esters is 1. The van der Waals surface area contributed by atoms with Crippen molar-refractivity contribution in [2.45, 2.75) is 59.0 Å². The summed E-state index contributed by atoms with van der Waals surface area (Å²) in [5.74, 6) is 0.794. The summed E-state index contributed by atoms with van der Waals surface area (Å²) in [7, 11) is 1.39. The van der Waals surface area contributed by atoms with Gasteiger partial charge in [0.25, 0.3) is 0 Å². The van der Waals surface area contributed by atoms with Gasteiger partial charge in [0.1, 0.15) is 23.4 Å². The summed E-state index contributed by atoms with van der Waals surface area (Å²) in [4.78, 5) is 16.3. The van der Waals surface area contributed by atoms with Gasteiger partial charge in [-0.3, -0.25) is 9.78 Å². The highest BCUT2D eigenvalue weighted by Gasteiger charge is 2.32. The third kappa shape index (κ3) is 5.08. The van der Waals surface area contributed by atoms with E-state index < -0.39 is 6.10 Å². The van der Waals surface area contributed by atoms with Crippen LogP contribution in [0.5, 0.6) is 11.5 Å². The molecule has 0 spiro atoms. The van der Waals surface area contributed by atoms with Crippen molar-refractivity contribution < 1.29 is 23.4 Å². The van der Waals surface area contributed by atoms with Crippen molar-refractivity contribution in [2.24, 2.45) is 0 Å². The molecule has 0 N–H and O–H groups in total. The number of aromatic nitrogens is 1. The van der Waals surface area contributed by atoms with Gasteiger partial charge in [-0.25, -0.2) is 4.39 Å². The minimum Gasteiger partial charge on any atom is -0.492 e. The van der Waals surface area contributed by atoms with E-state index in [-0.39, 0.29) is 24.1 Å². The van der Waals surface area contributed by atoms with Crippen LogP contribution in [0, 0.1) is 33.5 Å². The van der Waals surface area contributed by atoms with E-state index in [0.717, 1.165) is 62.3 Å². The number of carbonyl (C=O) groups excluding carboxylic acids is 1. The minimum atomic E-state index is -0.391. The summed E-state index contributed by atoms with van der Waals surface area (Å²) in [5, 5.41) is 0. The maximum Gasteiger partial charge on any atom is 0.306 e. The number of nitrogens with zero attached hydrogens (tertiary/aromatic N) is 1. The molecular formula is C35H34FNO4. The summed E-state index contributed by atoms with van der Waals surface area (Å²) in [6.45, 7) is 8.72. The van der Waals surface area contributed by atoms with Crippen molar-refractivity contribution in [2.75, 3.05) is 13.7 Å². The molecule has 0 radical (unpaired) electrons. The molecule has 6 heteroatoms. The number of rotatable bonds is 6. The number of benzene rings is 3. The number of methoxy groups -OCH3 is 1. The van der Waals surface area contributed by atoms with Crippen LogP contribution in [0.1, 0.15) is 64.1 Å². The Morgan fingerprint density at radius 1 is 0.976 bits per heavy atom. The number of halogens is 1. The molecule has 0 saturated carbocycles. The Bertz CT molecular complexity index is 1630. The lowest BCUT2D eigenvalue weighted by molar-refractivity contribution is -0.141. The van der Waals surface area contributed by atoms with E-state index in [1.807, 2.05) is 38.1 Å². The van der Waals surface area contributed by atoms with E-state index in [2.05, 4.69) is 43.1 Å². The molecule has 2 atom stereocenters. The van der Waals surface area contributed by atoms with Gasteiger partial charge in [0.2, 0.25) is 0 Å². The molecule has 5 nitrogen and oxygen atoms in total. The van der Waals surface area contributed by atoms with Gasteiger partial charge in [0, 0.05) is 34.5 Å². The summed E-state index contributed by atoms with van der Waals surface area (Å²) < 4.78 is 32.4. The SMILES string of the molecule is COC(=O)C[C@@H]1COc2cc(O[C@@H]3CCc4c(-c5c(C)cc(-c6cc(C)nc(C)c6)cc5C)ccc(F)c43)ccc21. The van der Waals surface area contributed by atoms with Gasteiger partial charge in [0.15, 0.2) is 0 Å². The third-order valence-corrected chi connectivity index (χ3v) is 8.28. The Morgan fingerprint density at radius 2 is 1.68 bits per heavy atom. The van der Waals surface area contributed by atoms with E-state index in [9.17, 15) is 4.79 Å². The Labute approximate surface area is 240 Å². The van der Waals surface area contributed by atoms with Gasteiger partial charge in [-0.15, -0.1) is 0 Å². The zero-order chi connectivity index (χ0) is 28.8. The number of ether oxygens (including phenoxy) is 3. The van der Waals surface area contributed by atoms with Gasteiger partial charge in [-0.2, -0.15) is 0 Å². The van der Waals surface area contributed by atoms with Gasteiger partial charge in [0.05, 0.1) is 20.1 Å². The van der Waals surface area contributed by atoms with Crippen LogP contribution in [0.2, 0.25) is 0 Å². The molecule has 41 heavy (non-hydrogen) atoms. The fourth-order valence-electron chi connectivity index (χ4n) is 6.53. The highest BCUT2D eigenvalue weighted by atomic mass is 19.1. The third-order valence-electron chi connectivity index (χ3n) is 8.28. The first kappa shape index (κ1) is 27.0. The summed E-state index contributed by atoms with van der Waals surface area (Å²) in [6, 6.07) is 17.8. The number of hydrogen-bond donors (Lipinski definition) is 0. The molecule has 6 rings (SSSR count). The van der Waals surface area contributed by atoms with Crippen molar-refractivity contribution >= 4 is 5.97 Å². The van der Waals surface area contributed by atoms with Crippen molar-refractivity contribution in [1.82, 2.24) is 4.98 Å². The zero-order valence-corrected chi connectivity index (χ0v) is 24.1. The normalized spacial score (nSPS) is 17.1. The first-order chi connectivity index (χ1) is 19.7. The second-order valence-corrected chi connectivity index (χ2v) is 11.2. The van der Waals surface area contributed by atoms with Gasteiger partial charge >= 0.3 is 5.97 Å². The smallest absolute Gasteiger partial charge is 0.306 e. The molecular weight excluding hydrogens is 517 g/mol. The van der Waals surface area contributed by atoms with Gasteiger partial charge in [-0.1, -0.05) is 24.3 Å². The fraction of sp³-hybridized carbons (Fsp3) is 0.314. The second-order valence-electron chi connectivity index (χ2n) is 11.2. The molecule has 1 aliphatic carbocycles. The minimum absolute atomic E-state index is 0.0387. The highest BCUT2D eigenvalue weighted by molar-refractivity contribution is 5.80. The molecule has 0 saturated heterocycles. The van der Waals surface area contributed by atoms with E-state index in [1.165, 1.54) is 7.11 Å². The molecule has 0 fully saturated rings. The van der Waals surface area contributed by atoms with Crippen molar-refractivity contribution in [3.05, 3.63) is 99.6 Å². The number of carbonyl (C=O) groups is 1. The summed E-state index contributed by atoms with van der Waals surface area (Å²) in [5.41, 5.74) is 11.5. The number of pyridine rings is 1. The summed E-state index contributed by atoms with van der Waals surface area (Å²) in [6.07, 6.45) is 1.31. The molecule has 4 aromatic rings. The monoisotopic (exact) mass is 551 g/mol. The zero-order valence-electron chi connectivity index (χ0n) is 24.1. The molecule has 0 unspecified atom stereocenters. The summed E-state index contributed by atoms with van der Waals surface area (Å²) >= 11 is 0. The lowest BCUT2D eigenvalue weighted by Crippen LogP contribution is -2.09. The van der Waals surface area contributed by atoms with Crippen LogP contribution in [0.3, 0.4) is 0 Å². The van der Waals surface area contributed by atoms with Crippen LogP contribution in [-0.2, 0) is 16.0 Å². The maximum absolute atomic E-state index is 15.4. The van der Waals surface area contributed by atoms with E-state index in [4.69, 9.17) is 14.2 Å². The fourth-order valence-corrected chi connectivity index (χ4v) is 6.53. The Morgan fingerprint density at radius 3 is 2.39 bits per heavy atom. The van der Waals surface area contributed by atoms with Crippen molar-refractivity contribution in [1.29, 1.82) is 0 Å². The van der Waals surface area contributed by atoms with Crippen molar-refractivity contribution in [3.8, 4) is 33.8 Å². The number of fused-ring (bicyclic) bond motifs is 2. The Hall–Kier alpha value is -4.19. The van der Waals surface area contributed by atoms with Crippen molar-refractivity contribution in [3.63, 3.8) is 0 Å². The van der Waals surface area contributed by atoms with E-state index >= 15 is 4.39 Å². The highest BCUT2D eigenvalue weighted by Crippen LogP contribution is 2.45. The maximum atomic E-state index is 15.4. The Balaban J connectivity index is 1.30. The lowest BCUT2D eigenvalue weighted by atomic mass is 9.88. The first-order valence-corrected chi connectivity index (χ1v) is 14.1. The predicted molar refractivity (Wildman–Crippen MR) is 157 cm³/mol. The quantitative estimate of drug-likeness (QED) is 0.228. The van der Waals surface area contributed by atoms with Crippen LogP contribution in [-0.4, -0.2) is 24.7 Å². The topological polar surface area (TPSA) is 57.7 Å². The molecule has 1 aromatic heterocycles. The molecule has 1 aliphatic heterocycles. The second kappa shape index (κ2) is 10.7. The molecule has 2 heterocycles. The van der Waals surface area contributed by atoms with Crippen LogP contribution in [0.4, 0.5) is 4.39 Å². The van der Waals surface area contributed by atoms with E-state index in [1.54, 1.807) is 6.07 Å².